The molecule has 4 bridgehead atoms. The molecule has 4 aliphatic carbocycles. The van der Waals surface area contributed by atoms with Crippen LogP contribution in [0.15, 0.2) is 29.2 Å². The number of ether oxygens (including phenoxy) is 1. The molecule has 1 aliphatic heterocycles. The Kier molecular flexibility index (Phi) is 4.66. The van der Waals surface area contributed by atoms with Crippen molar-refractivity contribution in [1.82, 2.24) is 9.21 Å². The zero-order valence-corrected chi connectivity index (χ0v) is 17.9. The molecule has 0 spiro atoms. The lowest BCUT2D eigenvalue weighted by molar-refractivity contribution is -0.158. The molecule has 7 heteroatoms. The number of hydrogen-bond donors (Lipinski definition) is 0. The topological polar surface area (TPSA) is 66.9 Å². The van der Waals surface area contributed by atoms with E-state index in [1.54, 1.807) is 31.4 Å². The van der Waals surface area contributed by atoms with Crippen LogP contribution in [0.3, 0.4) is 0 Å². The van der Waals surface area contributed by atoms with E-state index in [2.05, 4.69) is 0 Å². The Morgan fingerprint density at radius 2 is 1.45 bits per heavy atom. The van der Waals surface area contributed by atoms with Gasteiger partial charge in [0.2, 0.25) is 15.9 Å². The third-order valence-electron chi connectivity index (χ3n) is 7.71. The first kappa shape index (κ1) is 19.4. The summed E-state index contributed by atoms with van der Waals surface area (Å²) in [6.07, 6.45) is 7.13. The van der Waals surface area contributed by atoms with E-state index in [1.807, 2.05) is 4.90 Å². The highest BCUT2D eigenvalue weighted by atomic mass is 32.2. The van der Waals surface area contributed by atoms with Crippen molar-refractivity contribution in [3.63, 3.8) is 0 Å². The molecule has 0 radical (unpaired) electrons. The standard InChI is InChI=1S/C22H30N2O4S/c1-28-19-2-4-20(5-3-19)29(26,27)24-8-6-23(7-9-24)21(25)22-13-16-10-17(14-22)12-18(11-16)15-22/h2-5,16-18H,6-15H2,1H3. The number of nitrogens with zero attached hydrogens (tertiary/aromatic N) is 2. The van der Waals surface area contributed by atoms with Crippen LogP contribution in [-0.2, 0) is 14.8 Å². The van der Waals surface area contributed by atoms with Crippen LogP contribution >= 0.6 is 0 Å². The maximum atomic E-state index is 13.5. The molecule has 1 saturated heterocycles. The third-order valence-corrected chi connectivity index (χ3v) is 9.63. The van der Waals surface area contributed by atoms with E-state index in [0.29, 0.717) is 37.8 Å². The average molecular weight is 419 g/mol. The number of carbonyl (C=O) groups excluding carboxylic acids is 1. The number of rotatable bonds is 4. The zero-order chi connectivity index (χ0) is 20.2. The molecule has 6 rings (SSSR count). The molecule has 158 valence electrons. The molecule has 0 unspecified atom stereocenters. The van der Waals surface area contributed by atoms with Crippen LogP contribution in [0.1, 0.15) is 38.5 Å². The van der Waals surface area contributed by atoms with Crippen molar-refractivity contribution in [1.29, 1.82) is 0 Å². The van der Waals surface area contributed by atoms with Gasteiger partial charge in [-0.3, -0.25) is 4.79 Å². The van der Waals surface area contributed by atoms with E-state index in [-0.39, 0.29) is 10.3 Å². The maximum absolute atomic E-state index is 13.5. The number of piperazine rings is 1. The van der Waals surface area contributed by atoms with Crippen LogP contribution in [0, 0.1) is 23.2 Å². The molecule has 0 atom stereocenters. The monoisotopic (exact) mass is 418 g/mol. The van der Waals surface area contributed by atoms with E-state index < -0.39 is 10.0 Å². The minimum Gasteiger partial charge on any atom is -0.497 e. The van der Waals surface area contributed by atoms with Crippen LogP contribution in [0.4, 0.5) is 0 Å². The third kappa shape index (κ3) is 3.26. The fourth-order valence-electron chi connectivity index (χ4n) is 6.74. The average Bonchev–Trinajstić information content (AvgIpc) is 2.72. The van der Waals surface area contributed by atoms with E-state index in [1.165, 1.54) is 23.6 Å². The van der Waals surface area contributed by atoms with E-state index in [4.69, 9.17) is 4.74 Å². The van der Waals surface area contributed by atoms with E-state index >= 15 is 0 Å². The molecule has 1 aromatic rings. The quantitative estimate of drug-likeness (QED) is 0.754. The first-order valence-corrected chi connectivity index (χ1v) is 12.3. The van der Waals surface area contributed by atoms with E-state index in [9.17, 15) is 13.2 Å². The van der Waals surface area contributed by atoms with Crippen molar-refractivity contribution in [2.45, 2.75) is 43.4 Å². The molecular weight excluding hydrogens is 388 g/mol. The summed E-state index contributed by atoms with van der Waals surface area (Å²) in [5, 5.41) is 0. The van der Waals surface area contributed by atoms with Crippen molar-refractivity contribution in [2.75, 3.05) is 33.3 Å². The minimum absolute atomic E-state index is 0.147. The summed E-state index contributed by atoms with van der Waals surface area (Å²) < 4.78 is 32.6. The molecule has 5 aliphatic rings. The summed E-state index contributed by atoms with van der Waals surface area (Å²) in [6.45, 7) is 1.73. The van der Waals surface area contributed by atoms with Crippen LogP contribution in [-0.4, -0.2) is 56.8 Å². The number of sulfonamides is 1. The number of methoxy groups -OCH3 is 1. The second-order valence-corrected chi connectivity index (χ2v) is 11.5. The lowest BCUT2D eigenvalue weighted by Crippen LogP contribution is -2.58. The SMILES string of the molecule is COc1ccc(S(=O)(=O)N2CCN(C(=O)C34CC5CC(CC(C5)C3)C4)CC2)cc1. The molecule has 29 heavy (non-hydrogen) atoms. The first-order chi connectivity index (χ1) is 13.9. The van der Waals surface area contributed by atoms with Gasteiger partial charge in [-0.15, -0.1) is 0 Å². The Morgan fingerprint density at radius 1 is 0.931 bits per heavy atom. The molecule has 6 nitrogen and oxygen atoms in total. The number of hydrogen-bond acceptors (Lipinski definition) is 4. The molecule has 4 saturated carbocycles. The normalized spacial score (nSPS) is 34.4. The molecule has 0 N–H and O–H groups in total. The number of benzene rings is 1. The van der Waals surface area contributed by atoms with Gasteiger partial charge in [0.25, 0.3) is 0 Å². The summed E-state index contributed by atoms with van der Waals surface area (Å²) in [7, 11) is -1.98. The molecule has 5 fully saturated rings. The summed E-state index contributed by atoms with van der Waals surface area (Å²) in [4.78, 5) is 15.7. The Labute approximate surface area is 173 Å². The van der Waals surface area contributed by atoms with Crippen LogP contribution in [0.2, 0.25) is 0 Å². The van der Waals surface area contributed by atoms with Gasteiger partial charge in [0.1, 0.15) is 5.75 Å². The van der Waals surface area contributed by atoms with Crippen molar-refractivity contribution >= 4 is 15.9 Å². The van der Waals surface area contributed by atoms with Gasteiger partial charge in [0.15, 0.2) is 0 Å². The van der Waals surface area contributed by atoms with Crippen molar-refractivity contribution in [2.24, 2.45) is 23.2 Å². The van der Waals surface area contributed by atoms with Crippen molar-refractivity contribution in [3.8, 4) is 5.75 Å². The Bertz CT molecular complexity index is 853. The van der Waals surface area contributed by atoms with Gasteiger partial charge in [0, 0.05) is 26.2 Å². The summed E-state index contributed by atoms with van der Waals surface area (Å²) in [5.74, 6) is 3.15. The van der Waals surface area contributed by atoms with Gasteiger partial charge in [0.05, 0.1) is 17.4 Å². The Balaban J connectivity index is 1.26. The minimum atomic E-state index is -3.54. The number of amides is 1. The largest absolute Gasteiger partial charge is 0.497 e. The van der Waals surface area contributed by atoms with Crippen molar-refractivity contribution < 1.29 is 17.9 Å². The highest BCUT2D eigenvalue weighted by Crippen LogP contribution is 2.60. The summed E-state index contributed by atoms with van der Waals surface area (Å²) >= 11 is 0. The Hall–Kier alpha value is -1.60. The predicted octanol–water partition coefficient (Wildman–Crippen LogP) is 2.74. The van der Waals surface area contributed by atoms with Gasteiger partial charge >= 0.3 is 0 Å². The predicted molar refractivity (Wildman–Crippen MR) is 109 cm³/mol. The fourth-order valence-corrected chi connectivity index (χ4v) is 8.16. The summed E-state index contributed by atoms with van der Waals surface area (Å²) in [5.41, 5.74) is -0.147. The molecular formula is C22H30N2O4S. The van der Waals surface area contributed by atoms with Crippen LogP contribution in [0.25, 0.3) is 0 Å². The lowest BCUT2D eigenvalue weighted by Gasteiger charge is -2.57. The molecule has 1 heterocycles. The van der Waals surface area contributed by atoms with Gasteiger partial charge < -0.3 is 9.64 Å². The molecule has 1 aromatic carbocycles. The second-order valence-electron chi connectivity index (χ2n) is 9.57. The highest BCUT2D eigenvalue weighted by Gasteiger charge is 2.55. The Morgan fingerprint density at radius 3 is 1.93 bits per heavy atom. The van der Waals surface area contributed by atoms with E-state index in [0.717, 1.165) is 37.0 Å². The summed E-state index contributed by atoms with van der Waals surface area (Å²) in [6, 6.07) is 6.50. The van der Waals surface area contributed by atoms with Crippen LogP contribution < -0.4 is 4.74 Å². The number of carbonyl (C=O) groups is 1. The molecule has 1 amide bonds. The first-order valence-electron chi connectivity index (χ1n) is 10.8. The maximum Gasteiger partial charge on any atom is 0.243 e. The molecule has 0 aromatic heterocycles. The lowest BCUT2D eigenvalue weighted by atomic mass is 9.49. The van der Waals surface area contributed by atoms with Gasteiger partial charge in [-0.2, -0.15) is 4.31 Å². The highest BCUT2D eigenvalue weighted by molar-refractivity contribution is 7.89. The smallest absolute Gasteiger partial charge is 0.243 e. The fraction of sp³-hybridized carbons (Fsp3) is 0.682. The van der Waals surface area contributed by atoms with Crippen LogP contribution in [0.5, 0.6) is 5.75 Å². The zero-order valence-electron chi connectivity index (χ0n) is 17.0. The second kappa shape index (κ2) is 6.98. The van der Waals surface area contributed by atoms with Gasteiger partial charge in [-0.1, -0.05) is 0 Å². The van der Waals surface area contributed by atoms with Gasteiger partial charge in [-0.05, 0) is 80.5 Å². The van der Waals surface area contributed by atoms with Crippen molar-refractivity contribution in [3.05, 3.63) is 24.3 Å². The van der Waals surface area contributed by atoms with Gasteiger partial charge in [-0.25, -0.2) is 8.42 Å².